The van der Waals surface area contributed by atoms with Gasteiger partial charge < -0.3 is 0 Å². The monoisotopic (exact) mass is 161 g/mol. The van der Waals surface area contributed by atoms with E-state index in [2.05, 4.69) is 4.37 Å². The minimum Gasteiger partial charge on any atom is -0.291 e. The molecule has 0 fully saturated rings. The molecule has 48 valence electrons. The van der Waals surface area contributed by atoms with Gasteiger partial charge in [0, 0.05) is 5.38 Å². The Kier molecular flexibility index (Phi) is 2.19. The summed E-state index contributed by atoms with van der Waals surface area (Å²) in [7, 11) is 0. The Hall–Kier alpha value is -0.410. The molecule has 9 heavy (non-hydrogen) atoms. The fraction of sp³-hybridized carbons (Fsp3) is 0.200. The second kappa shape index (κ2) is 2.94. The van der Waals surface area contributed by atoms with Crippen molar-refractivity contribution in [3.05, 3.63) is 17.1 Å². The van der Waals surface area contributed by atoms with E-state index in [4.69, 9.17) is 11.6 Å². The summed E-state index contributed by atoms with van der Waals surface area (Å²) >= 11 is 6.51. The lowest BCUT2D eigenvalue weighted by atomic mass is 10.3. The molecule has 4 heteroatoms. The predicted molar refractivity (Wildman–Crippen MR) is 37.2 cm³/mol. The molecule has 0 saturated heterocycles. The number of hydrogen-bond acceptors (Lipinski definition) is 3. The highest BCUT2D eigenvalue weighted by atomic mass is 35.5. The molecule has 0 N–H and O–H groups in total. The maximum atomic E-state index is 10.7. The molecule has 0 aliphatic rings. The second-order valence-corrected chi connectivity index (χ2v) is 2.37. The smallest absolute Gasteiger partial charge is 0.196 e. The summed E-state index contributed by atoms with van der Waals surface area (Å²) in [6.07, 6.45) is 0. The van der Waals surface area contributed by atoms with Gasteiger partial charge in [0.1, 0.15) is 5.69 Å². The molecular weight excluding hydrogens is 158 g/mol. The summed E-state index contributed by atoms with van der Waals surface area (Å²) in [5, 5.41) is 1.75. The van der Waals surface area contributed by atoms with Crippen molar-refractivity contribution in [2.24, 2.45) is 0 Å². The number of ketones is 1. The number of nitrogens with zero attached hydrogens (tertiary/aromatic N) is 1. The van der Waals surface area contributed by atoms with Crippen LogP contribution in [0.2, 0.25) is 0 Å². The van der Waals surface area contributed by atoms with Crippen molar-refractivity contribution in [3.8, 4) is 0 Å². The van der Waals surface area contributed by atoms with Gasteiger partial charge >= 0.3 is 0 Å². The van der Waals surface area contributed by atoms with Crippen LogP contribution in [0.4, 0.5) is 0 Å². The zero-order chi connectivity index (χ0) is 6.69. The summed E-state index contributed by atoms with van der Waals surface area (Å²) in [6.45, 7) is 0. The van der Waals surface area contributed by atoms with Gasteiger partial charge in [-0.2, -0.15) is 4.37 Å². The highest BCUT2D eigenvalue weighted by Gasteiger charge is 2.03. The van der Waals surface area contributed by atoms with E-state index in [1.54, 1.807) is 11.4 Å². The molecule has 0 aromatic carbocycles. The first-order chi connectivity index (χ1) is 4.34. The highest BCUT2D eigenvalue weighted by Crippen LogP contribution is 2.01. The average molecular weight is 162 g/mol. The van der Waals surface area contributed by atoms with Crippen LogP contribution in [0, 0.1) is 0 Å². The zero-order valence-electron chi connectivity index (χ0n) is 4.50. The third-order valence-electron chi connectivity index (χ3n) is 0.845. The van der Waals surface area contributed by atoms with Crippen LogP contribution >= 0.6 is 23.1 Å². The fourth-order valence-corrected chi connectivity index (χ4v) is 1.09. The zero-order valence-corrected chi connectivity index (χ0v) is 6.08. The highest BCUT2D eigenvalue weighted by molar-refractivity contribution is 7.03. The van der Waals surface area contributed by atoms with Crippen molar-refractivity contribution >= 4 is 28.9 Å². The van der Waals surface area contributed by atoms with Crippen molar-refractivity contribution in [2.45, 2.75) is 0 Å². The topological polar surface area (TPSA) is 30.0 Å². The minimum atomic E-state index is -0.113. The van der Waals surface area contributed by atoms with E-state index in [0.717, 1.165) is 0 Å². The molecule has 0 saturated carbocycles. The summed E-state index contributed by atoms with van der Waals surface area (Å²) < 4.78 is 3.79. The van der Waals surface area contributed by atoms with Crippen LogP contribution < -0.4 is 0 Å². The number of rotatable bonds is 2. The largest absolute Gasteiger partial charge is 0.291 e. The van der Waals surface area contributed by atoms with Crippen molar-refractivity contribution in [1.29, 1.82) is 0 Å². The van der Waals surface area contributed by atoms with Gasteiger partial charge in [0.2, 0.25) is 0 Å². The Balaban J connectivity index is 2.77. The van der Waals surface area contributed by atoms with Gasteiger partial charge in [-0.15, -0.1) is 11.6 Å². The van der Waals surface area contributed by atoms with Crippen molar-refractivity contribution < 1.29 is 4.79 Å². The van der Waals surface area contributed by atoms with Gasteiger partial charge in [0.15, 0.2) is 5.78 Å². The first-order valence-corrected chi connectivity index (χ1v) is 3.71. The van der Waals surface area contributed by atoms with Crippen molar-refractivity contribution in [3.63, 3.8) is 0 Å². The van der Waals surface area contributed by atoms with E-state index in [1.807, 2.05) is 0 Å². The van der Waals surface area contributed by atoms with Crippen LogP contribution in [-0.2, 0) is 0 Å². The number of carbonyl (C=O) groups is 1. The van der Waals surface area contributed by atoms with Crippen LogP contribution in [0.1, 0.15) is 10.5 Å². The standard InChI is InChI=1S/C5H4ClNOS/c6-3-5(8)4-1-2-9-7-4/h1-2H,3H2. The maximum absolute atomic E-state index is 10.7. The molecule has 0 radical (unpaired) electrons. The summed E-state index contributed by atoms with van der Waals surface area (Å²) in [5.41, 5.74) is 0.468. The fourth-order valence-electron chi connectivity index (χ4n) is 0.425. The Morgan fingerprint density at radius 3 is 3.11 bits per heavy atom. The Bertz CT molecular complexity index is 197. The van der Waals surface area contributed by atoms with Crippen molar-refractivity contribution in [1.82, 2.24) is 4.37 Å². The van der Waals surface area contributed by atoms with Crippen LogP contribution in [0.25, 0.3) is 0 Å². The normalized spacial score (nSPS) is 9.44. The molecule has 0 spiro atoms. The second-order valence-electron chi connectivity index (χ2n) is 1.44. The number of carbonyl (C=O) groups excluding carboxylic acids is 1. The van der Waals surface area contributed by atoms with E-state index in [0.29, 0.717) is 5.69 Å². The van der Waals surface area contributed by atoms with E-state index in [1.165, 1.54) is 11.5 Å². The first kappa shape index (κ1) is 6.71. The van der Waals surface area contributed by atoms with Gasteiger partial charge in [0.05, 0.1) is 5.88 Å². The Morgan fingerprint density at radius 2 is 2.67 bits per heavy atom. The molecule has 0 bridgehead atoms. The molecule has 1 heterocycles. The minimum absolute atomic E-state index is 0.0176. The van der Waals surface area contributed by atoms with E-state index in [-0.39, 0.29) is 11.7 Å². The van der Waals surface area contributed by atoms with Crippen LogP contribution in [0.5, 0.6) is 0 Å². The van der Waals surface area contributed by atoms with Crippen molar-refractivity contribution in [2.75, 3.05) is 5.88 Å². The maximum Gasteiger partial charge on any atom is 0.196 e. The Labute approximate surface area is 61.6 Å². The summed E-state index contributed by atoms with van der Waals surface area (Å²) in [5.74, 6) is -0.0954. The number of alkyl halides is 1. The third kappa shape index (κ3) is 1.50. The number of aromatic nitrogens is 1. The molecule has 2 nitrogen and oxygen atoms in total. The molecular formula is C5H4ClNOS. The molecule has 0 aliphatic heterocycles. The lowest BCUT2D eigenvalue weighted by Gasteiger charge is -1.83. The average Bonchev–Trinajstić information content (AvgIpc) is 2.37. The lowest BCUT2D eigenvalue weighted by Crippen LogP contribution is -1.98. The predicted octanol–water partition coefficient (Wildman–Crippen LogP) is 1.56. The molecule has 1 aromatic heterocycles. The summed E-state index contributed by atoms with van der Waals surface area (Å²) in [6, 6.07) is 1.66. The molecule has 1 aromatic rings. The molecule has 0 amide bonds. The first-order valence-electron chi connectivity index (χ1n) is 2.34. The van der Waals surface area contributed by atoms with Crippen LogP contribution in [0.15, 0.2) is 11.4 Å². The molecule has 0 atom stereocenters. The van der Waals surface area contributed by atoms with E-state index < -0.39 is 0 Å². The number of Topliss-reactive ketones (excluding diaryl/α,β-unsaturated/α-hetero) is 1. The quantitative estimate of drug-likeness (QED) is 0.487. The number of hydrogen-bond donors (Lipinski definition) is 0. The molecule has 1 rings (SSSR count). The lowest BCUT2D eigenvalue weighted by molar-refractivity contribution is 0.101. The van der Waals surface area contributed by atoms with E-state index >= 15 is 0 Å². The van der Waals surface area contributed by atoms with Gasteiger partial charge in [-0.3, -0.25) is 4.79 Å². The van der Waals surface area contributed by atoms with Gasteiger partial charge in [-0.05, 0) is 17.6 Å². The van der Waals surface area contributed by atoms with E-state index in [9.17, 15) is 4.79 Å². The Morgan fingerprint density at radius 1 is 1.89 bits per heavy atom. The molecule has 0 aliphatic carbocycles. The number of halogens is 1. The SMILES string of the molecule is O=C(CCl)c1ccsn1. The van der Waals surface area contributed by atoms with Gasteiger partial charge in [0.25, 0.3) is 0 Å². The van der Waals surface area contributed by atoms with Gasteiger partial charge in [-0.25, -0.2) is 0 Å². The van der Waals surface area contributed by atoms with Crippen LogP contribution in [-0.4, -0.2) is 16.0 Å². The third-order valence-corrected chi connectivity index (χ3v) is 1.65. The van der Waals surface area contributed by atoms with Crippen LogP contribution in [0.3, 0.4) is 0 Å². The summed E-state index contributed by atoms with van der Waals surface area (Å²) in [4.78, 5) is 10.7. The van der Waals surface area contributed by atoms with Gasteiger partial charge in [-0.1, -0.05) is 0 Å². The molecule has 0 unspecified atom stereocenters.